The van der Waals surface area contributed by atoms with Gasteiger partial charge in [-0.15, -0.1) is 11.3 Å². The minimum Gasteiger partial charge on any atom is -0.462 e. The molecule has 0 radical (unpaired) electrons. The first-order valence-electron chi connectivity index (χ1n) is 13.3. The Morgan fingerprint density at radius 2 is 1.84 bits per heavy atom. The van der Waals surface area contributed by atoms with Crippen molar-refractivity contribution >= 4 is 39.1 Å². The van der Waals surface area contributed by atoms with E-state index in [-0.39, 0.29) is 17.3 Å². The minimum atomic E-state index is -0.367. The number of rotatable bonds is 5. The fraction of sp³-hybridized carbons (Fsp3) is 0.344. The van der Waals surface area contributed by atoms with E-state index in [1.54, 1.807) is 6.92 Å². The zero-order valence-corrected chi connectivity index (χ0v) is 23.5. The minimum absolute atomic E-state index is 0.0503. The van der Waals surface area contributed by atoms with Crippen LogP contribution in [0, 0.1) is 5.92 Å². The van der Waals surface area contributed by atoms with Gasteiger partial charge in [-0.1, -0.05) is 70.2 Å². The van der Waals surface area contributed by atoms with Gasteiger partial charge in [-0.3, -0.25) is 4.79 Å². The third-order valence-electron chi connectivity index (χ3n) is 7.23. The molecule has 2 aromatic carbocycles. The summed E-state index contributed by atoms with van der Waals surface area (Å²) in [5, 5.41) is 4.43. The number of anilines is 1. The lowest BCUT2D eigenvalue weighted by atomic mass is 9.86. The average molecular weight is 527 g/mol. The summed E-state index contributed by atoms with van der Waals surface area (Å²) >= 11 is 1.50. The quantitative estimate of drug-likeness (QED) is 0.269. The maximum atomic E-state index is 13.8. The Hall–Kier alpha value is -3.51. The summed E-state index contributed by atoms with van der Waals surface area (Å²) in [6, 6.07) is 17.9. The molecular formula is C32H34N2O3S. The Labute approximate surface area is 228 Å². The van der Waals surface area contributed by atoms with E-state index in [1.165, 1.54) is 21.8 Å². The van der Waals surface area contributed by atoms with E-state index >= 15 is 0 Å². The van der Waals surface area contributed by atoms with Gasteiger partial charge in [-0.05, 0) is 60.8 Å². The SMILES string of the molecule is CCOC(=O)c1c(NC(=O)c2cc(-c3ccc(C(C)(C)C)cc3)nc3ccccc23)sc2c1CC[C@@H](C)C2. The number of para-hydroxylation sites is 1. The molecule has 1 atom stereocenters. The molecule has 5 nitrogen and oxygen atoms in total. The van der Waals surface area contributed by atoms with Crippen LogP contribution in [0.15, 0.2) is 54.6 Å². The lowest BCUT2D eigenvalue weighted by Gasteiger charge is -2.19. The summed E-state index contributed by atoms with van der Waals surface area (Å²) in [6.07, 6.45) is 2.76. The van der Waals surface area contributed by atoms with Crippen LogP contribution in [0.2, 0.25) is 0 Å². The van der Waals surface area contributed by atoms with E-state index in [2.05, 4.69) is 57.3 Å². The van der Waals surface area contributed by atoms with Gasteiger partial charge in [0.2, 0.25) is 0 Å². The Morgan fingerprint density at radius 3 is 2.55 bits per heavy atom. The summed E-state index contributed by atoms with van der Waals surface area (Å²) in [7, 11) is 0. The molecule has 2 aromatic heterocycles. The van der Waals surface area contributed by atoms with Crippen molar-refractivity contribution in [3.8, 4) is 11.3 Å². The Balaban J connectivity index is 1.55. The fourth-order valence-corrected chi connectivity index (χ4v) is 6.47. The molecular weight excluding hydrogens is 492 g/mol. The molecule has 1 N–H and O–H groups in total. The van der Waals surface area contributed by atoms with Crippen molar-refractivity contribution in [2.75, 3.05) is 11.9 Å². The maximum Gasteiger partial charge on any atom is 0.341 e. The molecule has 0 bridgehead atoms. The predicted octanol–water partition coefficient (Wildman–Crippen LogP) is 7.81. The normalized spacial score (nSPS) is 15.2. The molecule has 38 heavy (non-hydrogen) atoms. The predicted molar refractivity (Wildman–Crippen MR) is 155 cm³/mol. The summed E-state index contributed by atoms with van der Waals surface area (Å²) in [5.74, 6) is -0.0708. The van der Waals surface area contributed by atoms with E-state index < -0.39 is 0 Å². The van der Waals surface area contributed by atoms with Gasteiger partial charge in [-0.2, -0.15) is 0 Å². The van der Waals surface area contributed by atoms with E-state index in [9.17, 15) is 9.59 Å². The van der Waals surface area contributed by atoms with Crippen LogP contribution < -0.4 is 5.32 Å². The standard InChI is InChI=1S/C32H34N2O3S/c1-6-37-31(36)28-23-16-11-19(2)17-27(23)38-30(28)34-29(35)24-18-26(33-25-10-8-7-9-22(24)25)20-12-14-21(15-13-20)32(3,4)5/h7-10,12-15,18-19H,6,11,16-17H2,1-5H3,(H,34,35)/t19-/m1/s1. The number of carbonyl (C=O) groups excluding carboxylic acids is 2. The molecule has 1 aliphatic rings. The number of nitrogens with one attached hydrogen (secondary N) is 1. The molecule has 0 aliphatic heterocycles. The van der Waals surface area contributed by atoms with Crippen LogP contribution in [0.4, 0.5) is 5.00 Å². The van der Waals surface area contributed by atoms with Crippen LogP contribution >= 0.6 is 11.3 Å². The second-order valence-electron chi connectivity index (χ2n) is 11.1. The number of hydrogen-bond donors (Lipinski definition) is 1. The number of aromatic nitrogens is 1. The lowest BCUT2D eigenvalue weighted by molar-refractivity contribution is 0.0526. The van der Waals surface area contributed by atoms with Crippen molar-refractivity contribution < 1.29 is 14.3 Å². The highest BCUT2D eigenvalue weighted by atomic mass is 32.1. The van der Waals surface area contributed by atoms with Crippen LogP contribution in [0.3, 0.4) is 0 Å². The van der Waals surface area contributed by atoms with Crippen molar-refractivity contribution in [2.24, 2.45) is 5.92 Å². The van der Waals surface area contributed by atoms with Crippen molar-refractivity contribution in [2.45, 2.75) is 59.3 Å². The topological polar surface area (TPSA) is 68.3 Å². The number of thiophene rings is 1. The molecule has 1 amide bonds. The van der Waals surface area contributed by atoms with Crippen molar-refractivity contribution in [3.63, 3.8) is 0 Å². The van der Waals surface area contributed by atoms with Gasteiger partial charge in [0.05, 0.1) is 28.9 Å². The number of fused-ring (bicyclic) bond motifs is 2. The summed E-state index contributed by atoms with van der Waals surface area (Å²) in [5.41, 5.74) is 5.80. The highest BCUT2D eigenvalue weighted by Crippen LogP contribution is 2.40. The van der Waals surface area contributed by atoms with Gasteiger partial charge in [0.25, 0.3) is 5.91 Å². The highest BCUT2D eigenvalue weighted by molar-refractivity contribution is 7.17. The van der Waals surface area contributed by atoms with Gasteiger partial charge in [0, 0.05) is 15.8 Å². The first kappa shape index (κ1) is 26.1. The number of amides is 1. The third kappa shape index (κ3) is 5.10. The zero-order valence-electron chi connectivity index (χ0n) is 22.7. The molecule has 0 unspecified atom stereocenters. The van der Waals surface area contributed by atoms with Crippen LogP contribution in [-0.2, 0) is 23.0 Å². The Kier molecular flexibility index (Phi) is 7.10. The molecule has 4 aromatic rings. The highest BCUT2D eigenvalue weighted by Gasteiger charge is 2.29. The molecule has 0 saturated carbocycles. The Morgan fingerprint density at radius 1 is 1.11 bits per heavy atom. The molecule has 5 rings (SSSR count). The Bertz CT molecular complexity index is 1510. The van der Waals surface area contributed by atoms with Crippen LogP contribution in [0.1, 0.15) is 77.8 Å². The number of esters is 1. The van der Waals surface area contributed by atoms with Gasteiger partial charge in [0.1, 0.15) is 5.00 Å². The fourth-order valence-electron chi connectivity index (χ4n) is 5.08. The number of benzene rings is 2. The number of ether oxygens (including phenoxy) is 1. The van der Waals surface area contributed by atoms with Crippen molar-refractivity contribution in [1.82, 2.24) is 4.98 Å². The van der Waals surface area contributed by atoms with Gasteiger partial charge in [0.15, 0.2) is 0 Å². The summed E-state index contributed by atoms with van der Waals surface area (Å²) < 4.78 is 5.39. The number of carbonyl (C=O) groups is 2. The first-order valence-corrected chi connectivity index (χ1v) is 14.1. The van der Waals surface area contributed by atoms with Gasteiger partial charge in [-0.25, -0.2) is 9.78 Å². The second kappa shape index (κ2) is 10.3. The first-order chi connectivity index (χ1) is 18.2. The summed E-state index contributed by atoms with van der Waals surface area (Å²) in [4.78, 5) is 32.8. The van der Waals surface area contributed by atoms with Gasteiger partial charge < -0.3 is 10.1 Å². The molecule has 0 saturated heterocycles. The van der Waals surface area contributed by atoms with E-state index in [0.29, 0.717) is 28.7 Å². The average Bonchev–Trinajstić information content (AvgIpc) is 3.24. The van der Waals surface area contributed by atoms with Crippen LogP contribution in [-0.4, -0.2) is 23.5 Å². The molecule has 0 fully saturated rings. The molecule has 196 valence electrons. The van der Waals surface area contributed by atoms with Crippen LogP contribution in [0.5, 0.6) is 0 Å². The van der Waals surface area contributed by atoms with Gasteiger partial charge >= 0.3 is 5.97 Å². The summed E-state index contributed by atoms with van der Waals surface area (Å²) in [6.45, 7) is 10.9. The number of nitrogens with zero attached hydrogens (tertiary/aromatic N) is 1. The maximum absolute atomic E-state index is 13.8. The zero-order chi connectivity index (χ0) is 27.0. The number of pyridine rings is 1. The van der Waals surface area contributed by atoms with Crippen molar-refractivity contribution in [1.29, 1.82) is 0 Å². The van der Waals surface area contributed by atoms with E-state index in [0.717, 1.165) is 47.0 Å². The number of hydrogen-bond acceptors (Lipinski definition) is 5. The largest absolute Gasteiger partial charge is 0.462 e. The monoisotopic (exact) mass is 526 g/mol. The second-order valence-corrected chi connectivity index (χ2v) is 12.2. The van der Waals surface area contributed by atoms with Crippen LogP contribution in [0.25, 0.3) is 22.2 Å². The molecule has 1 aliphatic carbocycles. The molecule has 0 spiro atoms. The lowest BCUT2D eigenvalue weighted by Crippen LogP contribution is -2.17. The smallest absolute Gasteiger partial charge is 0.341 e. The van der Waals surface area contributed by atoms with E-state index in [4.69, 9.17) is 9.72 Å². The third-order valence-corrected chi connectivity index (χ3v) is 8.40. The molecule has 2 heterocycles. The van der Waals surface area contributed by atoms with E-state index in [1.807, 2.05) is 30.3 Å². The van der Waals surface area contributed by atoms with Crippen molar-refractivity contribution in [3.05, 3.63) is 81.7 Å². The molecule has 6 heteroatoms.